The van der Waals surface area contributed by atoms with Crippen LogP contribution in [0.5, 0.6) is 0 Å². The van der Waals surface area contributed by atoms with Gasteiger partial charge in [-0.05, 0) is 37.6 Å². The highest BCUT2D eigenvalue weighted by atomic mass is 79.9. The highest BCUT2D eigenvalue weighted by molar-refractivity contribution is 9.10. The van der Waals surface area contributed by atoms with Crippen LogP contribution in [0.15, 0.2) is 33.3 Å². The van der Waals surface area contributed by atoms with Crippen LogP contribution >= 0.6 is 15.9 Å². The van der Waals surface area contributed by atoms with Crippen LogP contribution in [0.3, 0.4) is 0 Å². The van der Waals surface area contributed by atoms with Gasteiger partial charge in [-0.25, -0.2) is 0 Å². The quantitative estimate of drug-likeness (QED) is 0.948. The van der Waals surface area contributed by atoms with Crippen LogP contribution in [0, 0.1) is 13.8 Å². The van der Waals surface area contributed by atoms with E-state index in [2.05, 4.69) is 26.4 Å². The smallest absolute Gasteiger partial charge is 0.251 e. The van der Waals surface area contributed by atoms with Gasteiger partial charge < -0.3 is 9.84 Å². The Kier molecular flexibility index (Phi) is 3.81. The van der Waals surface area contributed by atoms with Crippen molar-refractivity contribution in [3.63, 3.8) is 0 Å². The Morgan fingerprint density at radius 2 is 2.17 bits per heavy atom. The summed E-state index contributed by atoms with van der Waals surface area (Å²) in [5, 5.41) is 6.55. The summed E-state index contributed by atoms with van der Waals surface area (Å²) in [6, 6.07) is 7.28. The van der Waals surface area contributed by atoms with Gasteiger partial charge in [0.1, 0.15) is 0 Å². The van der Waals surface area contributed by atoms with Crippen LogP contribution in [0.4, 0.5) is 0 Å². The fourth-order valence-electron chi connectivity index (χ4n) is 1.56. The lowest BCUT2D eigenvalue weighted by Gasteiger charge is -2.05. The Balaban J connectivity index is 2.01. The van der Waals surface area contributed by atoms with Crippen LogP contribution < -0.4 is 5.32 Å². The number of carbonyl (C=O) groups excluding carboxylic acids is 1. The van der Waals surface area contributed by atoms with Crippen molar-refractivity contribution < 1.29 is 9.32 Å². The molecule has 1 aromatic carbocycles. The van der Waals surface area contributed by atoms with Gasteiger partial charge in [-0.2, -0.15) is 0 Å². The van der Waals surface area contributed by atoms with Crippen molar-refractivity contribution in [1.29, 1.82) is 0 Å². The van der Waals surface area contributed by atoms with Gasteiger partial charge in [0.15, 0.2) is 5.76 Å². The number of carbonyl (C=O) groups is 1. The first-order valence-electron chi connectivity index (χ1n) is 5.53. The van der Waals surface area contributed by atoms with E-state index in [1.54, 1.807) is 12.1 Å². The Labute approximate surface area is 113 Å². The molecule has 0 radical (unpaired) electrons. The average Bonchev–Trinajstić information content (AvgIpc) is 2.75. The maximum atomic E-state index is 11.9. The van der Waals surface area contributed by atoms with Crippen molar-refractivity contribution in [1.82, 2.24) is 10.5 Å². The summed E-state index contributed by atoms with van der Waals surface area (Å²) in [5.74, 6) is 0.523. The molecule has 94 valence electrons. The van der Waals surface area contributed by atoms with Crippen molar-refractivity contribution in [2.24, 2.45) is 0 Å². The van der Waals surface area contributed by atoms with E-state index in [4.69, 9.17) is 4.52 Å². The lowest BCUT2D eigenvalue weighted by atomic mass is 10.1. The van der Waals surface area contributed by atoms with Crippen LogP contribution in [0.1, 0.15) is 27.4 Å². The lowest BCUT2D eigenvalue weighted by molar-refractivity contribution is 0.0947. The molecule has 18 heavy (non-hydrogen) atoms. The molecule has 1 amide bonds. The van der Waals surface area contributed by atoms with Gasteiger partial charge in [0.25, 0.3) is 5.91 Å². The number of aryl methyl sites for hydroxylation is 2. The number of halogens is 1. The number of hydrogen-bond acceptors (Lipinski definition) is 3. The molecule has 0 saturated heterocycles. The third kappa shape index (κ3) is 2.98. The summed E-state index contributed by atoms with van der Waals surface area (Å²) < 4.78 is 6.01. The van der Waals surface area contributed by atoms with E-state index in [-0.39, 0.29) is 5.91 Å². The SMILES string of the molecule is Cc1cc(CNC(=O)c2ccc(Br)c(C)c2)on1. The number of hydrogen-bond donors (Lipinski definition) is 1. The molecule has 0 aliphatic rings. The first kappa shape index (κ1) is 12.8. The fraction of sp³-hybridized carbons (Fsp3) is 0.231. The first-order chi connectivity index (χ1) is 8.56. The fourth-order valence-corrected chi connectivity index (χ4v) is 1.80. The molecule has 1 aromatic heterocycles. The molecule has 0 unspecified atom stereocenters. The Hall–Kier alpha value is -1.62. The van der Waals surface area contributed by atoms with Gasteiger partial charge in [-0.3, -0.25) is 4.79 Å². The zero-order chi connectivity index (χ0) is 13.1. The molecule has 0 atom stereocenters. The molecule has 0 saturated carbocycles. The largest absolute Gasteiger partial charge is 0.359 e. The number of nitrogens with one attached hydrogen (secondary N) is 1. The minimum Gasteiger partial charge on any atom is -0.359 e. The number of benzene rings is 1. The third-order valence-electron chi connectivity index (χ3n) is 2.52. The van der Waals surface area contributed by atoms with Gasteiger partial charge >= 0.3 is 0 Å². The molecule has 1 N–H and O–H groups in total. The zero-order valence-electron chi connectivity index (χ0n) is 10.2. The van der Waals surface area contributed by atoms with E-state index in [9.17, 15) is 4.79 Å². The minimum absolute atomic E-state index is 0.125. The number of amides is 1. The van der Waals surface area contributed by atoms with Gasteiger partial charge in [0, 0.05) is 16.1 Å². The summed E-state index contributed by atoms with van der Waals surface area (Å²) in [6.07, 6.45) is 0. The van der Waals surface area contributed by atoms with Crippen molar-refractivity contribution in [3.05, 3.63) is 51.3 Å². The van der Waals surface area contributed by atoms with E-state index < -0.39 is 0 Å². The summed E-state index contributed by atoms with van der Waals surface area (Å²) in [7, 11) is 0. The predicted molar refractivity (Wildman–Crippen MR) is 71.3 cm³/mol. The topological polar surface area (TPSA) is 55.1 Å². The normalized spacial score (nSPS) is 10.4. The number of nitrogens with zero attached hydrogens (tertiary/aromatic N) is 1. The van der Waals surface area contributed by atoms with E-state index >= 15 is 0 Å². The molecule has 0 fully saturated rings. The van der Waals surface area contributed by atoms with E-state index in [1.807, 2.05) is 26.0 Å². The van der Waals surface area contributed by atoms with E-state index in [0.717, 1.165) is 15.7 Å². The van der Waals surface area contributed by atoms with Gasteiger partial charge in [-0.15, -0.1) is 0 Å². The second kappa shape index (κ2) is 5.35. The molecular weight excluding hydrogens is 296 g/mol. The molecule has 0 aliphatic heterocycles. The summed E-state index contributed by atoms with van der Waals surface area (Å²) in [6.45, 7) is 4.13. The second-order valence-electron chi connectivity index (χ2n) is 4.08. The highest BCUT2D eigenvalue weighted by Crippen LogP contribution is 2.17. The van der Waals surface area contributed by atoms with Crippen molar-refractivity contribution >= 4 is 21.8 Å². The Morgan fingerprint density at radius 3 is 2.78 bits per heavy atom. The van der Waals surface area contributed by atoms with Crippen molar-refractivity contribution in [2.75, 3.05) is 0 Å². The maximum Gasteiger partial charge on any atom is 0.251 e. The van der Waals surface area contributed by atoms with Crippen LogP contribution in [0.2, 0.25) is 0 Å². The predicted octanol–water partition coefficient (Wildman–Crippen LogP) is 2.98. The van der Waals surface area contributed by atoms with Gasteiger partial charge in [0.05, 0.1) is 12.2 Å². The molecule has 4 nitrogen and oxygen atoms in total. The minimum atomic E-state index is -0.125. The van der Waals surface area contributed by atoms with E-state index in [1.165, 1.54) is 0 Å². The molecule has 2 rings (SSSR count). The average molecular weight is 309 g/mol. The standard InChI is InChI=1S/C13H13BrN2O2/c1-8-5-10(3-4-12(8)14)13(17)15-7-11-6-9(2)16-18-11/h3-6H,7H2,1-2H3,(H,15,17). The van der Waals surface area contributed by atoms with Crippen LogP contribution in [0.25, 0.3) is 0 Å². The maximum absolute atomic E-state index is 11.9. The molecule has 5 heteroatoms. The Morgan fingerprint density at radius 1 is 1.39 bits per heavy atom. The van der Waals surface area contributed by atoms with Gasteiger partial charge in [-0.1, -0.05) is 21.1 Å². The monoisotopic (exact) mass is 308 g/mol. The Bertz CT molecular complexity index is 578. The molecule has 0 spiro atoms. The van der Waals surface area contributed by atoms with E-state index in [0.29, 0.717) is 17.9 Å². The van der Waals surface area contributed by atoms with Gasteiger partial charge in [0.2, 0.25) is 0 Å². The molecule has 2 aromatic rings. The van der Waals surface area contributed by atoms with Crippen LogP contribution in [-0.2, 0) is 6.54 Å². The summed E-state index contributed by atoms with van der Waals surface area (Å²) >= 11 is 3.40. The molecule has 1 heterocycles. The number of aromatic nitrogens is 1. The highest BCUT2D eigenvalue weighted by Gasteiger charge is 2.08. The van der Waals surface area contributed by atoms with Crippen molar-refractivity contribution in [3.8, 4) is 0 Å². The molecule has 0 bridgehead atoms. The second-order valence-corrected chi connectivity index (χ2v) is 4.94. The van der Waals surface area contributed by atoms with Crippen LogP contribution in [-0.4, -0.2) is 11.1 Å². The zero-order valence-corrected chi connectivity index (χ0v) is 11.7. The van der Waals surface area contributed by atoms with Crippen molar-refractivity contribution in [2.45, 2.75) is 20.4 Å². The molecule has 0 aliphatic carbocycles. The lowest BCUT2D eigenvalue weighted by Crippen LogP contribution is -2.22. The summed E-state index contributed by atoms with van der Waals surface area (Å²) in [5.41, 5.74) is 2.46. The first-order valence-corrected chi connectivity index (χ1v) is 6.32. The summed E-state index contributed by atoms with van der Waals surface area (Å²) in [4.78, 5) is 11.9. The molecular formula is C13H13BrN2O2. The number of rotatable bonds is 3. The third-order valence-corrected chi connectivity index (χ3v) is 3.41.